The Labute approximate surface area is 218 Å². The smallest absolute Gasteiger partial charge is 0.174 e. The summed E-state index contributed by atoms with van der Waals surface area (Å²) in [5, 5.41) is 4.62. The van der Waals surface area contributed by atoms with Gasteiger partial charge in [-0.15, -0.1) is 0 Å². The number of ether oxygens (including phenoxy) is 3. The maximum absolute atomic E-state index is 6.29. The van der Waals surface area contributed by atoms with Gasteiger partial charge in [-0.05, 0) is 83.7 Å². The highest BCUT2D eigenvalue weighted by molar-refractivity contribution is 7.80. The molecule has 0 amide bonds. The van der Waals surface area contributed by atoms with Gasteiger partial charge in [0.25, 0.3) is 0 Å². The van der Waals surface area contributed by atoms with E-state index in [1.54, 1.807) is 14.2 Å². The van der Waals surface area contributed by atoms with Crippen molar-refractivity contribution in [2.45, 2.75) is 32.2 Å². The quantitative estimate of drug-likeness (QED) is 0.350. The Bertz CT molecular complexity index is 1180. The van der Waals surface area contributed by atoms with E-state index in [1.807, 2.05) is 42.5 Å². The standard InChI is InChI=1S/C28H31ClN2O3S/c1-18(2)19-8-10-23(11-9-19)34-17-25-24-16-27(33-4)26(32-3)14-20(24)12-13-31(25)28(35)30-22-7-5-6-21(29)15-22/h5-11,14-16,18,25H,12-13,17H2,1-4H3,(H,30,35). The molecule has 0 saturated carbocycles. The molecule has 1 N–H and O–H groups in total. The van der Waals surface area contributed by atoms with E-state index in [-0.39, 0.29) is 6.04 Å². The van der Waals surface area contributed by atoms with Gasteiger partial charge in [0, 0.05) is 17.3 Å². The molecule has 1 heterocycles. The summed E-state index contributed by atoms with van der Waals surface area (Å²) >= 11 is 12.0. The number of thiocarbonyl (C=S) groups is 1. The molecule has 0 radical (unpaired) electrons. The first-order chi connectivity index (χ1) is 16.9. The number of nitrogens with one attached hydrogen (secondary N) is 1. The lowest BCUT2D eigenvalue weighted by Gasteiger charge is -2.39. The van der Waals surface area contributed by atoms with E-state index in [1.165, 1.54) is 11.1 Å². The lowest BCUT2D eigenvalue weighted by molar-refractivity contribution is 0.190. The van der Waals surface area contributed by atoms with Gasteiger partial charge in [-0.2, -0.15) is 0 Å². The monoisotopic (exact) mass is 510 g/mol. The molecule has 4 rings (SSSR count). The highest BCUT2D eigenvalue weighted by atomic mass is 35.5. The van der Waals surface area contributed by atoms with E-state index < -0.39 is 0 Å². The molecule has 7 heteroatoms. The molecule has 1 aliphatic heterocycles. The topological polar surface area (TPSA) is 43.0 Å². The maximum atomic E-state index is 6.29. The maximum Gasteiger partial charge on any atom is 0.174 e. The molecular weight excluding hydrogens is 480 g/mol. The molecule has 0 fully saturated rings. The van der Waals surface area contributed by atoms with Crippen LogP contribution in [0.5, 0.6) is 17.2 Å². The van der Waals surface area contributed by atoms with Crippen molar-refractivity contribution in [3.63, 3.8) is 0 Å². The predicted molar refractivity (Wildman–Crippen MR) is 146 cm³/mol. The van der Waals surface area contributed by atoms with Gasteiger partial charge in [0.15, 0.2) is 16.6 Å². The van der Waals surface area contributed by atoms with E-state index in [0.29, 0.717) is 28.4 Å². The normalized spacial score (nSPS) is 14.9. The lowest BCUT2D eigenvalue weighted by atomic mass is 9.92. The Morgan fingerprint density at radius 3 is 2.43 bits per heavy atom. The molecule has 184 valence electrons. The zero-order valence-electron chi connectivity index (χ0n) is 20.5. The summed E-state index contributed by atoms with van der Waals surface area (Å²) in [5.74, 6) is 2.72. The Hall–Kier alpha value is -2.96. The number of benzene rings is 3. The zero-order chi connectivity index (χ0) is 24.9. The fraction of sp³-hybridized carbons (Fsp3) is 0.321. The highest BCUT2D eigenvalue weighted by Gasteiger charge is 2.31. The van der Waals surface area contributed by atoms with E-state index in [4.69, 9.17) is 38.0 Å². The third-order valence-corrected chi connectivity index (χ3v) is 6.87. The van der Waals surface area contributed by atoms with Crippen LogP contribution in [0.2, 0.25) is 5.02 Å². The first-order valence-electron chi connectivity index (χ1n) is 11.7. The number of methoxy groups -OCH3 is 2. The summed E-state index contributed by atoms with van der Waals surface area (Å²) in [7, 11) is 3.31. The molecular formula is C28H31ClN2O3S. The van der Waals surface area contributed by atoms with Crippen LogP contribution in [-0.4, -0.2) is 37.4 Å². The Morgan fingerprint density at radius 2 is 1.77 bits per heavy atom. The second-order valence-electron chi connectivity index (χ2n) is 8.84. The Balaban J connectivity index is 1.62. The average Bonchev–Trinajstić information content (AvgIpc) is 2.86. The average molecular weight is 511 g/mol. The zero-order valence-corrected chi connectivity index (χ0v) is 22.1. The number of hydrogen-bond donors (Lipinski definition) is 1. The Morgan fingerprint density at radius 1 is 1.06 bits per heavy atom. The lowest BCUT2D eigenvalue weighted by Crippen LogP contribution is -2.44. The number of hydrogen-bond acceptors (Lipinski definition) is 4. The van der Waals surface area contributed by atoms with Crippen LogP contribution in [0, 0.1) is 0 Å². The van der Waals surface area contributed by atoms with Crippen molar-refractivity contribution in [1.82, 2.24) is 4.90 Å². The third-order valence-electron chi connectivity index (χ3n) is 6.29. The highest BCUT2D eigenvalue weighted by Crippen LogP contribution is 2.39. The molecule has 0 saturated heterocycles. The third kappa shape index (κ3) is 5.82. The molecule has 1 unspecified atom stereocenters. The molecule has 1 atom stereocenters. The van der Waals surface area contributed by atoms with Crippen molar-refractivity contribution in [1.29, 1.82) is 0 Å². The van der Waals surface area contributed by atoms with Crippen molar-refractivity contribution in [2.24, 2.45) is 0 Å². The van der Waals surface area contributed by atoms with E-state index >= 15 is 0 Å². The molecule has 0 aromatic heterocycles. The molecule has 0 bridgehead atoms. The van der Waals surface area contributed by atoms with Crippen molar-refractivity contribution < 1.29 is 14.2 Å². The minimum absolute atomic E-state index is 0.109. The van der Waals surface area contributed by atoms with Crippen LogP contribution in [0.1, 0.15) is 42.5 Å². The summed E-state index contributed by atoms with van der Waals surface area (Å²) in [5.41, 5.74) is 4.45. The van der Waals surface area contributed by atoms with Gasteiger partial charge in [0.2, 0.25) is 0 Å². The molecule has 3 aromatic rings. The van der Waals surface area contributed by atoms with Gasteiger partial charge >= 0.3 is 0 Å². The summed E-state index contributed by atoms with van der Waals surface area (Å²) in [6.07, 6.45) is 0.826. The SMILES string of the molecule is COc1cc2c(cc1OC)C(COc1ccc(C(C)C)cc1)N(C(=S)Nc1cccc(Cl)c1)CC2. The van der Waals surface area contributed by atoms with Gasteiger partial charge in [-0.25, -0.2) is 0 Å². The summed E-state index contributed by atoms with van der Waals surface area (Å²) in [6.45, 7) is 5.54. The summed E-state index contributed by atoms with van der Waals surface area (Å²) in [4.78, 5) is 2.17. The molecule has 5 nitrogen and oxygen atoms in total. The molecule has 0 aliphatic carbocycles. The van der Waals surface area contributed by atoms with Gasteiger partial charge < -0.3 is 24.4 Å². The fourth-order valence-electron chi connectivity index (χ4n) is 4.34. The van der Waals surface area contributed by atoms with Crippen LogP contribution in [0.4, 0.5) is 5.69 Å². The van der Waals surface area contributed by atoms with Crippen LogP contribution < -0.4 is 19.5 Å². The van der Waals surface area contributed by atoms with Crippen molar-refractivity contribution in [3.05, 3.63) is 82.4 Å². The predicted octanol–water partition coefficient (Wildman–Crippen LogP) is 6.86. The summed E-state index contributed by atoms with van der Waals surface area (Å²) < 4.78 is 17.4. The number of nitrogens with zero attached hydrogens (tertiary/aromatic N) is 1. The summed E-state index contributed by atoms with van der Waals surface area (Å²) in [6, 6.07) is 19.8. The first kappa shape index (κ1) is 25.1. The van der Waals surface area contributed by atoms with Crippen molar-refractivity contribution in [3.8, 4) is 17.2 Å². The minimum atomic E-state index is -0.109. The van der Waals surface area contributed by atoms with E-state index in [2.05, 4.69) is 42.3 Å². The van der Waals surface area contributed by atoms with Gasteiger partial charge in [-0.3, -0.25) is 0 Å². The van der Waals surface area contributed by atoms with Gasteiger partial charge in [-0.1, -0.05) is 43.6 Å². The second kappa shape index (κ2) is 11.2. The second-order valence-corrected chi connectivity index (χ2v) is 9.66. The number of halogens is 1. The van der Waals surface area contributed by atoms with Crippen LogP contribution in [0.15, 0.2) is 60.7 Å². The number of fused-ring (bicyclic) bond motifs is 1. The largest absolute Gasteiger partial charge is 0.493 e. The molecule has 0 spiro atoms. The van der Waals surface area contributed by atoms with Gasteiger partial charge in [0.1, 0.15) is 12.4 Å². The minimum Gasteiger partial charge on any atom is -0.493 e. The number of rotatable bonds is 7. The first-order valence-corrected chi connectivity index (χ1v) is 12.5. The van der Waals surface area contributed by atoms with Crippen LogP contribution in [-0.2, 0) is 6.42 Å². The fourth-order valence-corrected chi connectivity index (χ4v) is 4.86. The number of anilines is 1. The van der Waals surface area contributed by atoms with E-state index in [9.17, 15) is 0 Å². The van der Waals surface area contributed by atoms with Crippen LogP contribution >= 0.6 is 23.8 Å². The molecule has 1 aliphatic rings. The Kier molecular flexibility index (Phi) is 8.04. The van der Waals surface area contributed by atoms with Crippen LogP contribution in [0.3, 0.4) is 0 Å². The van der Waals surface area contributed by atoms with Crippen LogP contribution in [0.25, 0.3) is 0 Å². The van der Waals surface area contributed by atoms with E-state index in [0.717, 1.165) is 35.7 Å². The van der Waals surface area contributed by atoms with Gasteiger partial charge in [0.05, 0.1) is 20.3 Å². The van der Waals surface area contributed by atoms with Crippen molar-refractivity contribution >= 4 is 34.6 Å². The van der Waals surface area contributed by atoms with Crippen molar-refractivity contribution in [2.75, 3.05) is 32.7 Å². The molecule has 3 aromatic carbocycles. The molecule has 35 heavy (non-hydrogen) atoms.